The van der Waals surface area contributed by atoms with Gasteiger partial charge in [0.15, 0.2) is 11.6 Å². The second kappa shape index (κ2) is 6.32. The molecule has 0 fully saturated rings. The number of benzene rings is 1. The summed E-state index contributed by atoms with van der Waals surface area (Å²) in [5, 5.41) is 11.1. The van der Waals surface area contributed by atoms with Gasteiger partial charge < -0.3 is 4.74 Å². The molecule has 0 aliphatic carbocycles. The first kappa shape index (κ1) is 15.9. The minimum absolute atomic E-state index is 0.0272. The number of ether oxygens (including phenoxy) is 1. The molecule has 0 saturated heterocycles. The van der Waals surface area contributed by atoms with Gasteiger partial charge in [-0.3, -0.25) is 10.1 Å². The van der Waals surface area contributed by atoms with Gasteiger partial charge in [-0.25, -0.2) is 4.39 Å². The fourth-order valence-electron chi connectivity index (χ4n) is 2.28. The van der Waals surface area contributed by atoms with Crippen LogP contribution in [0.5, 0.6) is 5.75 Å². The molecule has 1 rings (SSSR count). The maximum Gasteiger partial charge on any atom is 0.276 e. The van der Waals surface area contributed by atoms with Gasteiger partial charge in [-0.15, -0.1) is 0 Å². The molecule has 6 heteroatoms. The van der Waals surface area contributed by atoms with Gasteiger partial charge in [0, 0.05) is 16.3 Å². The van der Waals surface area contributed by atoms with E-state index >= 15 is 0 Å². The van der Waals surface area contributed by atoms with Crippen molar-refractivity contribution in [2.45, 2.75) is 31.5 Å². The lowest BCUT2D eigenvalue weighted by Crippen LogP contribution is -2.17. The molecule has 4 nitrogen and oxygen atoms in total. The van der Waals surface area contributed by atoms with E-state index in [1.165, 1.54) is 13.2 Å². The van der Waals surface area contributed by atoms with E-state index in [-0.39, 0.29) is 28.1 Å². The van der Waals surface area contributed by atoms with Gasteiger partial charge in [-0.05, 0) is 12.0 Å². The third kappa shape index (κ3) is 3.43. The van der Waals surface area contributed by atoms with Gasteiger partial charge in [0.25, 0.3) is 5.69 Å². The molecular weight excluding hydrogens is 317 g/mol. The summed E-state index contributed by atoms with van der Waals surface area (Å²) in [6, 6.07) is 2.36. The monoisotopic (exact) mass is 333 g/mol. The number of rotatable bonds is 5. The van der Waals surface area contributed by atoms with Gasteiger partial charge in [-0.1, -0.05) is 36.7 Å². The van der Waals surface area contributed by atoms with E-state index in [1.807, 2.05) is 20.8 Å². The molecule has 1 aromatic rings. The van der Waals surface area contributed by atoms with E-state index in [9.17, 15) is 14.5 Å². The molecule has 0 N–H and O–H groups in total. The Kier molecular flexibility index (Phi) is 5.29. The summed E-state index contributed by atoms with van der Waals surface area (Å²) in [5.41, 5.74) is 0.283. The molecule has 0 heterocycles. The Bertz CT molecular complexity index is 469. The molecule has 1 aromatic carbocycles. The van der Waals surface area contributed by atoms with Crippen LogP contribution in [0.1, 0.15) is 32.3 Å². The predicted octanol–water partition coefficient (Wildman–Crippen LogP) is 4.27. The molecule has 0 radical (unpaired) electrons. The lowest BCUT2D eigenvalue weighted by molar-refractivity contribution is -0.386. The summed E-state index contributed by atoms with van der Waals surface area (Å²) in [7, 11) is 1.34. The number of methoxy groups -OCH3 is 1. The Morgan fingerprint density at radius 2 is 1.95 bits per heavy atom. The highest BCUT2D eigenvalue weighted by Crippen LogP contribution is 2.40. The van der Waals surface area contributed by atoms with Crippen LogP contribution in [0.25, 0.3) is 0 Å². The normalized spacial score (nSPS) is 14.3. The molecule has 106 valence electrons. The van der Waals surface area contributed by atoms with Crippen LogP contribution < -0.4 is 4.74 Å². The largest absolute Gasteiger partial charge is 0.494 e. The lowest BCUT2D eigenvalue weighted by atomic mass is 9.85. The first-order chi connectivity index (χ1) is 8.79. The van der Waals surface area contributed by atoms with Crippen LogP contribution in [-0.4, -0.2) is 16.9 Å². The number of halogens is 2. The Morgan fingerprint density at radius 3 is 2.32 bits per heavy atom. The Morgan fingerprint density at radius 1 is 1.37 bits per heavy atom. The third-order valence-electron chi connectivity index (χ3n) is 3.07. The fraction of sp³-hybridized carbons (Fsp3) is 0.538. The highest BCUT2D eigenvalue weighted by Gasteiger charge is 2.30. The fourth-order valence-corrected chi connectivity index (χ4v) is 3.17. The first-order valence-corrected chi connectivity index (χ1v) is 6.87. The van der Waals surface area contributed by atoms with Gasteiger partial charge in [0.05, 0.1) is 18.1 Å². The molecule has 0 aromatic heterocycles. The van der Waals surface area contributed by atoms with E-state index in [2.05, 4.69) is 15.9 Å². The van der Waals surface area contributed by atoms with Crippen molar-refractivity contribution in [3.05, 3.63) is 33.6 Å². The number of nitro benzene ring substituents is 1. The van der Waals surface area contributed by atoms with Crippen molar-refractivity contribution in [2.75, 3.05) is 7.11 Å². The van der Waals surface area contributed by atoms with Crippen molar-refractivity contribution < 1.29 is 14.1 Å². The minimum atomic E-state index is -0.720. The Labute approximate surface area is 120 Å². The van der Waals surface area contributed by atoms with Gasteiger partial charge >= 0.3 is 0 Å². The minimum Gasteiger partial charge on any atom is -0.494 e. The van der Waals surface area contributed by atoms with Gasteiger partial charge in [0.1, 0.15) is 0 Å². The number of alkyl halides is 1. The number of hydrogen-bond acceptors (Lipinski definition) is 3. The molecular formula is C13H17BrFNO3. The predicted molar refractivity (Wildman–Crippen MR) is 75.6 cm³/mol. The van der Waals surface area contributed by atoms with Crippen molar-refractivity contribution in [3.63, 3.8) is 0 Å². The van der Waals surface area contributed by atoms with E-state index in [1.54, 1.807) is 0 Å². The SMILES string of the molecule is COc1cc(C(C(C)C)C(C)Br)c([N+](=O)[O-])cc1F. The van der Waals surface area contributed by atoms with Crippen molar-refractivity contribution in [3.8, 4) is 5.75 Å². The average molecular weight is 334 g/mol. The molecule has 0 saturated carbocycles. The maximum atomic E-state index is 13.6. The summed E-state index contributed by atoms with van der Waals surface area (Å²) >= 11 is 3.47. The molecule has 0 amide bonds. The third-order valence-corrected chi connectivity index (χ3v) is 3.64. The average Bonchev–Trinajstić information content (AvgIpc) is 2.29. The van der Waals surface area contributed by atoms with Gasteiger partial charge in [-0.2, -0.15) is 0 Å². The topological polar surface area (TPSA) is 52.4 Å². The lowest BCUT2D eigenvalue weighted by Gasteiger charge is -2.24. The Hall–Kier alpha value is -1.17. The first-order valence-electron chi connectivity index (χ1n) is 5.95. The zero-order valence-corrected chi connectivity index (χ0v) is 12.9. The summed E-state index contributed by atoms with van der Waals surface area (Å²) in [6.07, 6.45) is 0. The highest BCUT2D eigenvalue weighted by molar-refractivity contribution is 9.09. The van der Waals surface area contributed by atoms with Crippen LogP contribution in [0.3, 0.4) is 0 Å². The second-order valence-electron chi connectivity index (χ2n) is 4.75. The van der Waals surface area contributed by atoms with Crippen molar-refractivity contribution in [2.24, 2.45) is 5.92 Å². The van der Waals surface area contributed by atoms with Gasteiger partial charge in [0.2, 0.25) is 0 Å². The van der Waals surface area contributed by atoms with Crippen LogP contribution in [0.4, 0.5) is 10.1 Å². The molecule has 0 aliphatic heterocycles. The summed E-state index contributed by atoms with van der Waals surface area (Å²) < 4.78 is 18.5. The summed E-state index contributed by atoms with van der Waals surface area (Å²) in [6.45, 7) is 5.87. The quantitative estimate of drug-likeness (QED) is 0.459. The van der Waals surface area contributed by atoms with E-state index in [4.69, 9.17) is 4.74 Å². The van der Waals surface area contributed by atoms with Crippen LogP contribution in [0.2, 0.25) is 0 Å². The van der Waals surface area contributed by atoms with Crippen LogP contribution >= 0.6 is 15.9 Å². The van der Waals surface area contributed by atoms with Crippen LogP contribution in [0, 0.1) is 21.8 Å². The highest BCUT2D eigenvalue weighted by atomic mass is 79.9. The number of nitrogens with zero attached hydrogens (tertiary/aromatic N) is 1. The summed E-state index contributed by atoms with van der Waals surface area (Å²) in [4.78, 5) is 10.6. The number of hydrogen-bond donors (Lipinski definition) is 0. The standard InChI is InChI=1S/C13H17BrFNO3/c1-7(2)13(8(3)14)9-5-12(19-4)10(15)6-11(9)16(17)18/h5-8,13H,1-4H3. The molecule has 2 unspecified atom stereocenters. The molecule has 0 aliphatic rings. The van der Waals surface area contributed by atoms with Crippen molar-refractivity contribution in [1.29, 1.82) is 0 Å². The number of nitro groups is 1. The van der Waals surface area contributed by atoms with Crippen LogP contribution in [0.15, 0.2) is 12.1 Å². The smallest absolute Gasteiger partial charge is 0.276 e. The Balaban J connectivity index is 3.49. The second-order valence-corrected chi connectivity index (χ2v) is 6.19. The van der Waals surface area contributed by atoms with E-state index in [0.29, 0.717) is 5.56 Å². The molecule has 0 bridgehead atoms. The molecule has 19 heavy (non-hydrogen) atoms. The van der Waals surface area contributed by atoms with Crippen molar-refractivity contribution >= 4 is 21.6 Å². The van der Waals surface area contributed by atoms with E-state index < -0.39 is 10.7 Å². The maximum absolute atomic E-state index is 13.6. The van der Waals surface area contributed by atoms with Crippen molar-refractivity contribution in [1.82, 2.24) is 0 Å². The molecule has 0 spiro atoms. The van der Waals surface area contributed by atoms with Crippen LogP contribution in [-0.2, 0) is 0 Å². The molecule has 2 atom stereocenters. The van der Waals surface area contributed by atoms with E-state index in [0.717, 1.165) is 6.07 Å². The zero-order chi connectivity index (χ0) is 14.7. The summed E-state index contributed by atoms with van der Waals surface area (Å²) in [5.74, 6) is -0.625. The zero-order valence-electron chi connectivity index (χ0n) is 11.3.